The number of amides is 2. The highest BCUT2D eigenvalue weighted by molar-refractivity contribution is 7.16. The SMILES string of the molecule is CCOC(=O)Cn1c(=NC(=O)COCC(=O)N=c2sc3cccc(C)c3n2CC(=O)OCC)sc2cccc(C)c21. The number of ether oxygens (including phenoxy) is 3. The maximum atomic E-state index is 12.7. The number of carbonyl (C=O) groups excluding carboxylic acids is 4. The van der Waals surface area contributed by atoms with Gasteiger partial charge < -0.3 is 23.3 Å². The Bertz CT molecular complexity index is 1630. The molecule has 2 aromatic heterocycles. The van der Waals surface area contributed by atoms with Gasteiger partial charge in [-0.25, -0.2) is 0 Å². The van der Waals surface area contributed by atoms with E-state index in [4.69, 9.17) is 14.2 Å². The Balaban J connectivity index is 1.51. The summed E-state index contributed by atoms with van der Waals surface area (Å²) in [6.07, 6.45) is 0. The number of nitrogens with zero attached hydrogens (tertiary/aromatic N) is 4. The lowest BCUT2D eigenvalue weighted by Crippen LogP contribution is -2.25. The number of benzene rings is 2. The summed E-state index contributed by atoms with van der Waals surface area (Å²) in [5.41, 5.74) is 3.44. The Kier molecular flexibility index (Phi) is 9.97. The fourth-order valence-corrected chi connectivity index (χ4v) is 6.50. The third-order valence-corrected chi connectivity index (χ3v) is 7.97. The van der Waals surface area contributed by atoms with Gasteiger partial charge in [-0.15, -0.1) is 0 Å². The number of aryl methyl sites for hydroxylation is 2. The third kappa shape index (κ3) is 7.23. The average Bonchev–Trinajstić information content (AvgIpc) is 3.43. The topological polar surface area (TPSA) is 131 Å². The van der Waals surface area contributed by atoms with E-state index < -0.39 is 37.0 Å². The summed E-state index contributed by atoms with van der Waals surface area (Å²) in [5, 5.41) is 0. The van der Waals surface area contributed by atoms with Crippen molar-refractivity contribution in [1.82, 2.24) is 9.13 Å². The van der Waals surface area contributed by atoms with Crippen LogP contribution in [0.1, 0.15) is 25.0 Å². The zero-order valence-corrected chi connectivity index (χ0v) is 24.8. The lowest BCUT2D eigenvalue weighted by atomic mass is 10.2. The van der Waals surface area contributed by atoms with Crippen LogP contribution in [-0.4, -0.2) is 59.3 Å². The number of aromatic nitrogens is 2. The van der Waals surface area contributed by atoms with E-state index in [1.54, 1.807) is 23.0 Å². The standard InChI is InChI=1S/C28H30N4O7S2/c1-5-38-23(35)13-31-25-17(3)9-7-11-19(25)40-27(31)29-21(33)15-37-16-22(34)30-28-32(14-24(36)39-6-2)26-18(4)10-8-12-20(26)41-28/h7-12H,5-6,13-16H2,1-4H3. The summed E-state index contributed by atoms with van der Waals surface area (Å²) in [7, 11) is 0. The van der Waals surface area contributed by atoms with Gasteiger partial charge in [0, 0.05) is 0 Å². The lowest BCUT2D eigenvalue weighted by molar-refractivity contribution is -0.144. The summed E-state index contributed by atoms with van der Waals surface area (Å²) < 4.78 is 20.6. The van der Waals surface area contributed by atoms with E-state index >= 15 is 0 Å². The second-order valence-electron chi connectivity index (χ2n) is 8.90. The molecule has 216 valence electrons. The Hall–Kier alpha value is -3.94. The van der Waals surface area contributed by atoms with Gasteiger partial charge in [-0.1, -0.05) is 46.9 Å². The van der Waals surface area contributed by atoms with E-state index in [0.717, 1.165) is 31.6 Å². The van der Waals surface area contributed by atoms with E-state index in [9.17, 15) is 19.2 Å². The molecule has 4 aromatic rings. The quantitative estimate of drug-likeness (QED) is 0.257. The minimum absolute atomic E-state index is 0.0938. The maximum absolute atomic E-state index is 12.7. The number of rotatable bonds is 10. The van der Waals surface area contributed by atoms with Crippen LogP contribution in [0.5, 0.6) is 0 Å². The Morgan fingerprint density at radius 3 is 1.51 bits per heavy atom. The maximum Gasteiger partial charge on any atom is 0.326 e. The Labute approximate surface area is 243 Å². The van der Waals surface area contributed by atoms with Gasteiger partial charge in [0.25, 0.3) is 11.8 Å². The molecular weight excluding hydrogens is 568 g/mol. The zero-order chi connectivity index (χ0) is 29.5. The highest BCUT2D eigenvalue weighted by atomic mass is 32.1. The molecule has 0 saturated heterocycles. The van der Waals surface area contributed by atoms with Crippen LogP contribution in [0.3, 0.4) is 0 Å². The highest BCUT2D eigenvalue weighted by Gasteiger charge is 2.16. The molecule has 13 heteroatoms. The zero-order valence-electron chi connectivity index (χ0n) is 23.2. The van der Waals surface area contributed by atoms with Crippen molar-refractivity contribution in [2.45, 2.75) is 40.8 Å². The summed E-state index contributed by atoms with van der Waals surface area (Å²) >= 11 is 2.54. The van der Waals surface area contributed by atoms with Crippen molar-refractivity contribution < 1.29 is 33.4 Å². The molecule has 0 aliphatic carbocycles. The predicted octanol–water partition coefficient (Wildman–Crippen LogP) is 3.03. The normalized spacial score (nSPS) is 12.3. The van der Waals surface area contributed by atoms with Gasteiger partial charge in [0.15, 0.2) is 9.60 Å². The van der Waals surface area contributed by atoms with Gasteiger partial charge in [-0.2, -0.15) is 9.98 Å². The van der Waals surface area contributed by atoms with Crippen LogP contribution in [0, 0.1) is 13.8 Å². The van der Waals surface area contributed by atoms with Gasteiger partial charge in [0.1, 0.15) is 26.3 Å². The number of hydrogen-bond acceptors (Lipinski definition) is 9. The Morgan fingerprint density at radius 1 is 0.707 bits per heavy atom. The van der Waals surface area contributed by atoms with E-state index in [0.29, 0.717) is 9.60 Å². The molecule has 0 aliphatic rings. The first-order valence-electron chi connectivity index (χ1n) is 12.9. The largest absolute Gasteiger partial charge is 0.465 e. The number of fused-ring (bicyclic) bond motifs is 2. The van der Waals surface area contributed by atoms with Gasteiger partial charge in [-0.05, 0) is 51.0 Å². The molecule has 2 aromatic carbocycles. The number of thiazole rings is 2. The molecule has 11 nitrogen and oxygen atoms in total. The van der Waals surface area contributed by atoms with Crippen molar-refractivity contribution in [3.63, 3.8) is 0 Å². The highest BCUT2D eigenvalue weighted by Crippen LogP contribution is 2.22. The lowest BCUT2D eigenvalue weighted by Gasteiger charge is -2.07. The smallest absolute Gasteiger partial charge is 0.326 e. The molecule has 4 rings (SSSR count). The van der Waals surface area contributed by atoms with Gasteiger partial charge >= 0.3 is 11.9 Å². The molecule has 2 amide bonds. The molecule has 0 unspecified atom stereocenters. The summed E-state index contributed by atoms with van der Waals surface area (Å²) in [4.78, 5) is 58.7. The molecule has 2 heterocycles. The van der Waals surface area contributed by atoms with Crippen LogP contribution in [-0.2, 0) is 46.5 Å². The molecule has 0 aliphatic heterocycles. The minimum Gasteiger partial charge on any atom is -0.465 e. The molecule has 0 spiro atoms. The van der Waals surface area contributed by atoms with Crippen molar-refractivity contribution in [3.8, 4) is 0 Å². The number of para-hydroxylation sites is 2. The van der Waals surface area contributed by atoms with Crippen LogP contribution in [0.2, 0.25) is 0 Å². The molecule has 0 N–H and O–H groups in total. The molecule has 0 atom stereocenters. The molecule has 0 bridgehead atoms. The second kappa shape index (κ2) is 13.6. The predicted molar refractivity (Wildman–Crippen MR) is 154 cm³/mol. The summed E-state index contributed by atoms with van der Waals surface area (Å²) in [6.45, 7) is 6.65. The molecule has 0 saturated carbocycles. The van der Waals surface area contributed by atoms with Crippen molar-refractivity contribution in [1.29, 1.82) is 0 Å². The first-order chi connectivity index (χ1) is 19.7. The third-order valence-electron chi connectivity index (χ3n) is 5.88. The van der Waals surface area contributed by atoms with E-state index in [1.165, 1.54) is 22.7 Å². The number of hydrogen-bond donors (Lipinski definition) is 0. The van der Waals surface area contributed by atoms with Crippen molar-refractivity contribution in [3.05, 3.63) is 57.1 Å². The molecule has 41 heavy (non-hydrogen) atoms. The van der Waals surface area contributed by atoms with Gasteiger partial charge in [0.2, 0.25) is 0 Å². The first kappa shape index (κ1) is 30.0. The second-order valence-corrected chi connectivity index (χ2v) is 10.9. The van der Waals surface area contributed by atoms with Crippen LogP contribution >= 0.6 is 22.7 Å². The van der Waals surface area contributed by atoms with Crippen molar-refractivity contribution >= 4 is 66.9 Å². The van der Waals surface area contributed by atoms with Crippen LogP contribution in [0.25, 0.3) is 20.4 Å². The van der Waals surface area contributed by atoms with E-state index in [-0.39, 0.29) is 26.3 Å². The molecule has 0 radical (unpaired) electrons. The fourth-order valence-electron chi connectivity index (χ4n) is 4.25. The minimum atomic E-state index is -0.616. The first-order valence-corrected chi connectivity index (χ1v) is 14.6. The van der Waals surface area contributed by atoms with Crippen molar-refractivity contribution in [2.75, 3.05) is 26.4 Å². The summed E-state index contributed by atoms with van der Waals surface area (Å²) in [5.74, 6) is -2.11. The van der Waals surface area contributed by atoms with Crippen LogP contribution in [0.4, 0.5) is 0 Å². The summed E-state index contributed by atoms with van der Waals surface area (Å²) in [6, 6.07) is 11.4. The Morgan fingerprint density at radius 2 is 1.12 bits per heavy atom. The molecule has 0 fully saturated rings. The monoisotopic (exact) mass is 598 g/mol. The van der Waals surface area contributed by atoms with Crippen molar-refractivity contribution in [2.24, 2.45) is 9.98 Å². The number of esters is 2. The van der Waals surface area contributed by atoms with Crippen LogP contribution in [0.15, 0.2) is 46.4 Å². The number of carbonyl (C=O) groups is 4. The van der Waals surface area contributed by atoms with E-state index in [2.05, 4.69) is 9.98 Å². The van der Waals surface area contributed by atoms with Gasteiger partial charge in [0.05, 0.1) is 33.6 Å². The fraction of sp³-hybridized carbons (Fsp3) is 0.357. The van der Waals surface area contributed by atoms with Gasteiger partial charge in [-0.3, -0.25) is 19.2 Å². The van der Waals surface area contributed by atoms with E-state index in [1.807, 2.05) is 50.2 Å². The average molecular weight is 599 g/mol. The van der Waals surface area contributed by atoms with Crippen LogP contribution < -0.4 is 9.60 Å². The molecular formula is C28H30N4O7S2.